The van der Waals surface area contributed by atoms with Gasteiger partial charge in [-0.2, -0.15) is 13.2 Å². The van der Waals surface area contributed by atoms with Gasteiger partial charge in [-0.05, 0) is 50.4 Å². The zero-order valence-electron chi connectivity index (χ0n) is 11.0. The highest BCUT2D eigenvalue weighted by atomic mass is 19.4. The Bertz CT molecular complexity index is 402. The first kappa shape index (κ1) is 15.3. The molecule has 0 aromatic carbocycles. The molecule has 0 aliphatic heterocycles. The summed E-state index contributed by atoms with van der Waals surface area (Å²) in [5.41, 5.74) is -3.18. The average molecular weight is 294 g/mol. The standard InChI is InChI=1S/C11H14F4.C3H4O2/c12-10-4-7-1-8(5-10)3-9(2-7,6-10)11(13,14)15;1-2-3(4)5/h7-8H,1-6H2;2H,1H2,(H,4,5). The maximum absolute atomic E-state index is 14.2. The van der Waals surface area contributed by atoms with E-state index in [1.165, 1.54) is 0 Å². The van der Waals surface area contributed by atoms with E-state index in [0.717, 1.165) is 12.5 Å². The molecule has 4 saturated carbocycles. The second-order valence-electron chi connectivity index (χ2n) is 6.43. The van der Waals surface area contributed by atoms with Gasteiger partial charge in [0.15, 0.2) is 0 Å². The molecule has 6 heteroatoms. The summed E-state index contributed by atoms with van der Waals surface area (Å²) >= 11 is 0. The Morgan fingerprint density at radius 3 is 1.95 bits per heavy atom. The highest BCUT2D eigenvalue weighted by molar-refractivity contribution is 5.78. The van der Waals surface area contributed by atoms with Crippen molar-refractivity contribution >= 4 is 5.97 Å². The quantitative estimate of drug-likeness (QED) is 0.583. The number of halogens is 4. The molecule has 114 valence electrons. The monoisotopic (exact) mass is 294 g/mol. The first-order chi connectivity index (χ1) is 9.09. The molecule has 2 unspecified atom stereocenters. The van der Waals surface area contributed by atoms with E-state index < -0.39 is 23.2 Å². The number of alkyl halides is 4. The van der Waals surface area contributed by atoms with Gasteiger partial charge in [-0.25, -0.2) is 9.18 Å². The van der Waals surface area contributed by atoms with Gasteiger partial charge < -0.3 is 5.11 Å². The molecule has 2 nitrogen and oxygen atoms in total. The molecule has 0 aromatic heterocycles. The first-order valence-electron chi connectivity index (χ1n) is 6.70. The Hall–Kier alpha value is -1.07. The van der Waals surface area contributed by atoms with Crippen molar-refractivity contribution in [3.05, 3.63) is 12.7 Å². The predicted molar refractivity (Wildman–Crippen MR) is 64.8 cm³/mol. The van der Waals surface area contributed by atoms with E-state index in [1.54, 1.807) is 0 Å². The number of hydrogen-bond donors (Lipinski definition) is 1. The van der Waals surface area contributed by atoms with E-state index in [9.17, 15) is 22.4 Å². The normalized spacial score (nSPS) is 41.8. The summed E-state index contributed by atoms with van der Waals surface area (Å²) < 4.78 is 53.2. The van der Waals surface area contributed by atoms with E-state index in [4.69, 9.17) is 5.11 Å². The van der Waals surface area contributed by atoms with Crippen LogP contribution >= 0.6 is 0 Å². The average Bonchev–Trinajstić information content (AvgIpc) is 2.24. The lowest BCUT2D eigenvalue weighted by Crippen LogP contribution is -2.58. The van der Waals surface area contributed by atoms with E-state index in [1.807, 2.05) is 0 Å². The molecule has 0 amide bonds. The zero-order valence-corrected chi connectivity index (χ0v) is 11.0. The fourth-order valence-electron chi connectivity index (χ4n) is 4.48. The van der Waals surface area contributed by atoms with Gasteiger partial charge >= 0.3 is 12.1 Å². The Morgan fingerprint density at radius 1 is 1.20 bits per heavy atom. The van der Waals surface area contributed by atoms with Crippen molar-refractivity contribution < 1.29 is 27.5 Å². The van der Waals surface area contributed by atoms with Crippen LogP contribution < -0.4 is 0 Å². The Kier molecular flexibility index (Phi) is 3.63. The number of carboxylic acids is 1. The Morgan fingerprint density at radius 2 is 1.65 bits per heavy atom. The van der Waals surface area contributed by atoms with Crippen LogP contribution in [-0.4, -0.2) is 22.9 Å². The number of aliphatic carboxylic acids is 1. The molecule has 2 atom stereocenters. The minimum Gasteiger partial charge on any atom is -0.478 e. The lowest BCUT2D eigenvalue weighted by Gasteiger charge is -2.59. The topological polar surface area (TPSA) is 37.3 Å². The second kappa shape index (κ2) is 4.74. The molecule has 0 radical (unpaired) electrons. The van der Waals surface area contributed by atoms with Crippen molar-refractivity contribution in [3.63, 3.8) is 0 Å². The lowest BCUT2D eigenvalue weighted by atomic mass is 9.48. The summed E-state index contributed by atoms with van der Waals surface area (Å²) in [6.07, 6.45) is -1.71. The molecule has 0 saturated heterocycles. The van der Waals surface area contributed by atoms with Crippen molar-refractivity contribution in [1.82, 2.24) is 0 Å². The summed E-state index contributed by atoms with van der Waals surface area (Å²) in [6.45, 7) is 2.96. The van der Waals surface area contributed by atoms with Gasteiger partial charge in [0.05, 0.1) is 5.41 Å². The molecular formula is C14H18F4O2. The van der Waals surface area contributed by atoms with E-state index in [2.05, 4.69) is 6.58 Å². The van der Waals surface area contributed by atoms with Crippen molar-refractivity contribution in [2.24, 2.45) is 17.3 Å². The number of hydrogen-bond acceptors (Lipinski definition) is 1. The van der Waals surface area contributed by atoms with Gasteiger partial charge in [0, 0.05) is 6.08 Å². The van der Waals surface area contributed by atoms with Crippen LogP contribution in [0.1, 0.15) is 38.5 Å². The molecule has 0 heterocycles. The van der Waals surface area contributed by atoms with Crippen LogP contribution in [0.4, 0.5) is 17.6 Å². The molecule has 4 aliphatic rings. The summed E-state index contributed by atoms with van der Waals surface area (Å²) in [5.74, 6) is -1.01. The molecule has 20 heavy (non-hydrogen) atoms. The number of carbonyl (C=O) groups is 1. The minimum absolute atomic E-state index is 0.0159. The molecule has 1 N–H and O–H groups in total. The largest absolute Gasteiger partial charge is 0.478 e. The third-order valence-corrected chi connectivity index (χ3v) is 4.77. The Balaban J connectivity index is 0.000000257. The molecular weight excluding hydrogens is 276 g/mol. The van der Waals surface area contributed by atoms with Gasteiger partial charge in [0.2, 0.25) is 0 Å². The smallest absolute Gasteiger partial charge is 0.394 e. The Labute approximate surface area is 114 Å². The first-order valence-corrected chi connectivity index (χ1v) is 6.70. The van der Waals surface area contributed by atoms with E-state index in [0.29, 0.717) is 12.8 Å². The van der Waals surface area contributed by atoms with Crippen LogP contribution in [0.2, 0.25) is 0 Å². The van der Waals surface area contributed by atoms with Crippen molar-refractivity contribution in [2.75, 3.05) is 0 Å². The van der Waals surface area contributed by atoms with Crippen molar-refractivity contribution in [2.45, 2.75) is 50.4 Å². The third kappa shape index (κ3) is 2.69. The summed E-state index contributed by atoms with van der Waals surface area (Å²) in [7, 11) is 0. The fourth-order valence-corrected chi connectivity index (χ4v) is 4.48. The summed E-state index contributed by atoms with van der Waals surface area (Å²) in [5, 5.41) is 7.60. The summed E-state index contributed by atoms with van der Waals surface area (Å²) in [4.78, 5) is 9.25. The van der Waals surface area contributed by atoms with Crippen LogP contribution in [-0.2, 0) is 4.79 Å². The molecule has 4 rings (SSSR count). The van der Waals surface area contributed by atoms with Gasteiger partial charge in [0.1, 0.15) is 5.67 Å². The SMILES string of the molecule is C=CC(=O)O.FC12CC3CC(C1)CC(C(F)(F)F)(C3)C2. The van der Waals surface area contributed by atoms with Gasteiger partial charge in [-0.15, -0.1) is 0 Å². The highest BCUT2D eigenvalue weighted by Crippen LogP contribution is 2.67. The molecule has 4 fully saturated rings. The molecule has 4 aliphatic carbocycles. The van der Waals surface area contributed by atoms with Gasteiger partial charge in [-0.1, -0.05) is 6.58 Å². The van der Waals surface area contributed by atoms with Crippen LogP contribution in [0.15, 0.2) is 12.7 Å². The van der Waals surface area contributed by atoms with E-state index in [-0.39, 0.29) is 31.1 Å². The maximum Gasteiger partial charge on any atom is 0.394 e. The van der Waals surface area contributed by atoms with Crippen molar-refractivity contribution in [1.29, 1.82) is 0 Å². The number of rotatable bonds is 1. The van der Waals surface area contributed by atoms with E-state index >= 15 is 0 Å². The summed E-state index contributed by atoms with van der Waals surface area (Å²) in [6, 6.07) is 0. The third-order valence-electron chi connectivity index (χ3n) is 4.77. The van der Waals surface area contributed by atoms with Crippen LogP contribution in [0, 0.1) is 17.3 Å². The maximum atomic E-state index is 14.2. The van der Waals surface area contributed by atoms with Gasteiger partial charge in [-0.3, -0.25) is 0 Å². The van der Waals surface area contributed by atoms with Crippen molar-refractivity contribution in [3.8, 4) is 0 Å². The number of carboxylic acid groups (broad SMARTS) is 1. The molecule has 0 spiro atoms. The van der Waals surface area contributed by atoms with Crippen LogP contribution in [0.5, 0.6) is 0 Å². The molecule has 0 aromatic rings. The minimum atomic E-state index is -4.21. The van der Waals surface area contributed by atoms with Crippen LogP contribution in [0.3, 0.4) is 0 Å². The fraction of sp³-hybridized carbons (Fsp3) is 0.786. The van der Waals surface area contributed by atoms with Crippen LogP contribution in [0.25, 0.3) is 0 Å². The molecule has 4 bridgehead atoms. The second-order valence-corrected chi connectivity index (χ2v) is 6.43. The zero-order chi connectivity index (χ0) is 15.2. The lowest BCUT2D eigenvalue weighted by molar-refractivity contribution is -0.287. The predicted octanol–water partition coefficient (Wildman–Crippen LogP) is 4.11. The van der Waals surface area contributed by atoms with Gasteiger partial charge in [0.25, 0.3) is 0 Å². The highest BCUT2D eigenvalue weighted by Gasteiger charge is 2.67.